The summed E-state index contributed by atoms with van der Waals surface area (Å²) in [5.41, 5.74) is 6.97. The number of nitrogens with zero attached hydrogens (tertiary/aromatic N) is 5. The minimum Gasteiger partial charge on any atom is -0.506 e. The molecule has 1 aliphatic heterocycles. The fraction of sp³-hybridized carbons (Fsp3) is 0.143. The number of benzene rings is 1. The second-order valence-corrected chi connectivity index (χ2v) is 8.14. The van der Waals surface area contributed by atoms with Crippen LogP contribution in [-0.4, -0.2) is 49.1 Å². The van der Waals surface area contributed by atoms with Crippen molar-refractivity contribution in [3.05, 3.63) is 65.6 Å². The molecule has 4 rings (SSSR count). The summed E-state index contributed by atoms with van der Waals surface area (Å²) in [5.74, 6) is 0.0767. The molecule has 11 heteroatoms. The van der Waals surface area contributed by atoms with E-state index in [1.54, 1.807) is 11.8 Å². The Morgan fingerprint density at radius 1 is 1.34 bits per heavy atom. The van der Waals surface area contributed by atoms with Crippen LogP contribution in [0.5, 0.6) is 0 Å². The third-order valence-corrected chi connectivity index (χ3v) is 5.95. The first-order valence-electron chi connectivity index (χ1n) is 9.54. The van der Waals surface area contributed by atoms with Gasteiger partial charge in [0.25, 0.3) is 0 Å². The Bertz CT molecular complexity index is 1350. The van der Waals surface area contributed by atoms with Crippen LogP contribution in [0.1, 0.15) is 0 Å². The SMILES string of the molecule is C=C/C(O)=C(\C(=C)O)n1c(N)c2cnc(Nc3ccc4c(c3)SCCN4C)nc2nc1=O. The lowest BCUT2D eigenvalue weighted by Crippen LogP contribution is -2.27. The number of nitrogens with two attached hydrogens (primary N) is 1. The van der Waals surface area contributed by atoms with Gasteiger partial charge in [-0.1, -0.05) is 13.2 Å². The van der Waals surface area contributed by atoms with E-state index in [9.17, 15) is 15.0 Å². The summed E-state index contributed by atoms with van der Waals surface area (Å²) < 4.78 is 0.829. The molecule has 0 spiro atoms. The van der Waals surface area contributed by atoms with Gasteiger partial charge >= 0.3 is 5.69 Å². The number of fused-ring (bicyclic) bond motifs is 2. The minimum absolute atomic E-state index is 0.0642. The molecular formula is C21H21N7O3S. The molecule has 0 atom stereocenters. The lowest BCUT2D eigenvalue weighted by molar-refractivity contribution is 0.406. The molecule has 0 unspecified atom stereocenters. The molecule has 164 valence electrons. The lowest BCUT2D eigenvalue weighted by Gasteiger charge is -2.27. The van der Waals surface area contributed by atoms with Gasteiger partial charge in [0.15, 0.2) is 5.65 Å². The topological polar surface area (TPSA) is 142 Å². The maximum atomic E-state index is 12.6. The van der Waals surface area contributed by atoms with Crippen molar-refractivity contribution in [3.8, 4) is 0 Å². The van der Waals surface area contributed by atoms with Gasteiger partial charge in [-0.3, -0.25) is 0 Å². The number of thioether (sulfide) groups is 1. The number of nitrogen functional groups attached to an aromatic ring is 1. The quantitative estimate of drug-likeness (QED) is 0.338. The number of aromatic nitrogens is 4. The Balaban J connectivity index is 1.74. The maximum Gasteiger partial charge on any atom is 0.356 e. The van der Waals surface area contributed by atoms with Crippen LogP contribution in [0.4, 0.5) is 23.1 Å². The van der Waals surface area contributed by atoms with E-state index < -0.39 is 17.2 Å². The minimum atomic E-state index is -0.855. The average Bonchev–Trinajstić information content (AvgIpc) is 2.75. The number of anilines is 4. The standard InChI is InChI=1S/C21H21N7O3S/c1-4-15(30)17(11(2)29)28-18(22)13-10-23-20(25-19(13)26-21(28)31)24-12-5-6-14-16(9-12)32-8-7-27(14)3/h4-6,9-10,29-30H,1-2,7-8,22H2,3H3,(H,24,25,26,31)/b17-15-. The van der Waals surface area contributed by atoms with Crippen molar-refractivity contribution in [2.45, 2.75) is 4.90 Å². The molecule has 5 N–H and O–H groups in total. The molecule has 0 fully saturated rings. The highest BCUT2D eigenvalue weighted by molar-refractivity contribution is 7.99. The average molecular weight is 452 g/mol. The van der Waals surface area contributed by atoms with Crippen LogP contribution in [0, 0.1) is 0 Å². The zero-order valence-electron chi connectivity index (χ0n) is 17.2. The molecule has 10 nitrogen and oxygen atoms in total. The Kier molecular flexibility index (Phi) is 5.49. The van der Waals surface area contributed by atoms with Gasteiger partial charge in [-0.05, 0) is 24.3 Å². The number of aliphatic hydroxyl groups is 2. The van der Waals surface area contributed by atoms with Crippen molar-refractivity contribution in [2.75, 3.05) is 35.3 Å². The molecule has 1 aromatic carbocycles. The number of hydrogen-bond acceptors (Lipinski definition) is 10. The molecule has 0 radical (unpaired) electrons. The smallest absolute Gasteiger partial charge is 0.356 e. The van der Waals surface area contributed by atoms with E-state index in [0.717, 1.165) is 33.5 Å². The molecule has 0 saturated heterocycles. The van der Waals surface area contributed by atoms with E-state index >= 15 is 0 Å². The molecule has 2 aromatic heterocycles. The number of hydrogen-bond donors (Lipinski definition) is 4. The Hall–Kier alpha value is -3.99. The fourth-order valence-electron chi connectivity index (χ4n) is 3.33. The van der Waals surface area contributed by atoms with Gasteiger partial charge in [-0.25, -0.2) is 14.3 Å². The van der Waals surface area contributed by atoms with Gasteiger partial charge in [0, 0.05) is 36.1 Å². The predicted octanol–water partition coefficient (Wildman–Crippen LogP) is 3.04. The van der Waals surface area contributed by atoms with Crippen LogP contribution >= 0.6 is 11.8 Å². The van der Waals surface area contributed by atoms with Crippen molar-refractivity contribution in [1.29, 1.82) is 0 Å². The molecule has 3 heterocycles. The molecule has 0 saturated carbocycles. The summed E-state index contributed by atoms with van der Waals surface area (Å²) in [6.45, 7) is 7.77. The van der Waals surface area contributed by atoms with Gasteiger partial charge in [-0.2, -0.15) is 9.97 Å². The van der Waals surface area contributed by atoms with E-state index in [0.29, 0.717) is 0 Å². The molecule has 1 aliphatic rings. The van der Waals surface area contributed by atoms with E-state index in [1.807, 2.05) is 18.2 Å². The summed E-state index contributed by atoms with van der Waals surface area (Å²) in [4.78, 5) is 28.5. The summed E-state index contributed by atoms with van der Waals surface area (Å²) in [6, 6.07) is 5.98. The highest BCUT2D eigenvalue weighted by Gasteiger charge is 2.19. The first-order chi connectivity index (χ1) is 15.3. The predicted molar refractivity (Wildman–Crippen MR) is 128 cm³/mol. The van der Waals surface area contributed by atoms with E-state index in [2.05, 4.69) is 45.4 Å². The monoisotopic (exact) mass is 451 g/mol. The van der Waals surface area contributed by atoms with Crippen molar-refractivity contribution >= 4 is 51.6 Å². The third-order valence-electron chi connectivity index (χ3n) is 4.92. The first-order valence-corrected chi connectivity index (χ1v) is 10.5. The van der Waals surface area contributed by atoms with Gasteiger partial charge in [0.2, 0.25) is 5.95 Å². The van der Waals surface area contributed by atoms with Gasteiger partial charge in [-0.15, -0.1) is 11.8 Å². The van der Waals surface area contributed by atoms with Crippen molar-refractivity contribution in [2.24, 2.45) is 0 Å². The van der Waals surface area contributed by atoms with Crippen molar-refractivity contribution < 1.29 is 10.2 Å². The van der Waals surface area contributed by atoms with Crippen LogP contribution in [0.3, 0.4) is 0 Å². The van der Waals surface area contributed by atoms with E-state index in [4.69, 9.17) is 5.73 Å². The van der Waals surface area contributed by atoms with Crippen LogP contribution < -0.4 is 21.6 Å². The highest BCUT2D eigenvalue weighted by Crippen LogP contribution is 2.36. The van der Waals surface area contributed by atoms with E-state index in [-0.39, 0.29) is 28.5 Å². The molecule has 0 aliphatic carbocycles. The van der Waals surface area contributed by atoms with Crippen LogP contribution in [0.25, 0.3) is 16.7 Å². The van der Waals surface area contributed by atoms with Crippen molar-refractivity contribution in [1.82, 2.24) is 19.5 Å². The molecule has 0 amide bonds. The Morgan fingerprint density at radius 3 is 2.84 bits per heavy atom. The summed E-state index contributed by atoms with van der Waals surface area (Å²) >= 11 is 1.78. The largest absolute Gasteiger partial charge is 0.506 e. The zero-order chi connectivity index (χ0) is 23.0. The summed E-state index contributed by atoms with van der Waals surface area (Å²) in [6.07, 6.45) is 2.46. The molecule has 0 bridgehead atoms. The van der Waals surface area contributed by atoms with Crippen LogP contribution in [0.15, 0.2) is 64.8 Å². The van der Waals surface area contributed by atoms with Gasteiger partial charge in [0.1, 0.15) is 23.0 Å². The lowest BCUT2D eigenvalue weighted by atomic mass is 10.2. The number of allylic oxidation sites excluding steroid dienone is 2. The number of nitrogens with one attached hydrogen (secondary N) is 1. The second kappa shape index (κ2) is 8.27. The Labute approximate surface area is 187 Å². The van der Waals surface area contributed by atoms with Crippen LogP contribution in [0.2, 0.25) is 0 Å². The highest BCUT2D eigenvalue weighted by atomic mass is 32.2. The fourth-order valence-corrected chi connectivity index (χ4v) is 4.50. The van der Waals surface area contributed by atoms with Gasteiger partial charge < -0.3 is 26.2 Å². The van der Waals surface area contributed by atoms with Crippen LogP contribution in [-0.2, 0) is 0 Å². The zero-order valence-corrected chi connectivity index (χ0v) is 18.1. The first kappa shape index (κ1) is 21.2. The molecule has 32 heavy (non-hydrogen) atoms. The molecular weight excluding hydrogens is 430 g/mol. The number of rotatable bonds is 5. The summed E-state index contributed by atoms with van der Waals surface area (Å²) in [7, 11) is 2.06. The number of aliphatic hydroxyl groups excluding tert-OH is 2. The normalized spacial score (nSPS) is 14.0. The van der Waals surface area contributed by atoms with E-state index in [1.165, 1.54) is 11.9 Å². The second-order valence-electron chi connectivity index (χ2n) is 7.01. The van der Waals surface area contributed by atoms with Gasteiger partial charge in [0.05, 0.1) is 11.1 Å². The van der Waals surface area contributed by atoms with Crippen molar-refractivity contribution in [3.63, 3.8) is 0 Å². The molecule has 3 aromatic rings. The Morgan fingerprint density at radius 2 is 2.12 bits per heavy atom. The third kappa shape index (κ3) is 3.73. The summed E-state index contributed by atoms with van der Waals surface area (Å²) in [5, 5.41) is 23.3. The maximum absolute atomic E-state index is 12.6.